The lowest BCUT2D eigenvalue weighted by molar-refractivity contribution is 0.625. The quantitative estimate of drug-likeness (QED) is 0.732. The zero-order valence-electron chi connectivity index (χ0n) is 11.0. The van der Waals surface area contributed by atoms with Gasteiger partial charge in [-0.25, -0.2) is 14.4 Å². The maximum Gasteiger partial charge on any atom is 0.144 e. The zero-order chi connectivity index (χ0) is 14.1. The highest BCUT2D eigenvalue weighted by atomic mass is 79.9. The zero-order valence-corrected chi connectivity index (χ0v) is 12.6. The van der Waals surface area contributed by atoms with Gasteiger partial charge in [-0.3, -0.25) is 0 Å². The van der Waals surface area contributed by atoms with Gasteiger partial charge >= 0.3 is 0 Å². The fourth-order valence-corrected chi connectivity index (χ4v) is 3.08. The third kappa shape index (κ3) is 2.45. The molecule has 0 bridgehead atoms. The van der Waals surface area contributed by atoms with Gasteiger partial charge in [0.1, 0.15) is 17.8 Å². The highest BCUT2D eigenvalue weighted by Crippen LogP contribution is 2.26. The third-order valence-corrected chi connectivity index (χ3v) is 3.93. The van der Waals surface area contributed by atoms with Crippen LogP contribution in [-0.2, 0) is 19.9 Å². The molecule has 0 N–H and O–H groups in total. The van der Waals surface area contributed by atoms with Gasteiger partial charge in [0.2, 0.25) is 0 Å². The summed E-state index contributed by atoms with van der Waals surface area (Å²) in [5.41, 5.74) is 2.86. The number of aryl methyl sites for hydroxylation is 3. The molecular formula is C15H13BrFN3. The number of aromatic nitrogens is 3. The fraction of sp³-hybridized carbons (Fsp3) is 0.200. The van der Waals surface area contributed by atoms with Gasteiger partial charge in [0.15, 0.2) is 0 Å². The van der Waals surface area contributed by atoms with Gasteiger partial charge in [-0.15, -0.1) is 0 Å². The highest BCUT2D eigenvalue weighted by molar-refractivity contribution is 9.10. The summed E-state index contributed by atoms with van der Waals surface area (Å²) >= 11 is 3.55. The van der Waals surface area contributed by atoms with Crippen molar-refractivity contribution in [3.8, 4) is 0 Å². The largest absolute Gasteiger partial charge is 0.334 e. The lowest BCUT2D eigenvalue weighted by atomic mass is 10.1. The van der Waals surface area contributed by atoms with E-state index in [1.165, 1.54) is 6.07 Å². The number of benzene rings is 1. The maximum absolute atomic E-state index is 13.2. The monoisotopic (exact) mass is 333 g/mol. The number of halogens is 2. The Labute approximate surface area is 124 Å². The van der Waals surface area contributed by atoms with Gasteiger partial charge in [-0.2, -0.15) is 0 Å². The first-order chi connectivity index (χ1) is 9.65. The van der Waals surface area contributed by atoms with Gasteiger partial charge in [-0.1, -0.05) is 12.1 Å². The van der Waals surface area contributed by atoms with Crippen molar-refractivity contribution in [1.29, 1.82) is 0 Å². The van der Waals surface area contributed by atoms with Crippen LogP contribution in [-0.4, -0.2) is 14.5 Å². The first-order valence-corrected chi connectivity index (χ1v) is 7.13. The van der Waals surface area contributed by atoms with Gasteiger partial charge in [0.25, 0.3) is 0 Å². The van der Waals surface area contributed by atoms with Crippen molar-refractivity contribution < 1.29 is 4.39 Å². The first-order valence-electron chi connectivity index (χ1n) is 6.34. The molecule has 20 heavy (non-hydrogen) atoms. The van der Waals surface area contributed by atoms with Crippen LogP contribution in [0, 0.1) is 5.82 Å². The molecule has 1 aromatic carbocycles. The molecule has 3 nitrogen and oxygen atoms in total. The van der Waals surface area contributed by atoms with Crippen LogP contribution in [0.4, 0.5) is 4.39 Å². The van der Waals surface area contributed by atoms with Crippen LogP contribution >= 0.6 is 15.9 Å². The van der Waals surface area contributed by atoms with E-state index < -0.39 is 0 Å². The molecule has 0 aliphatic carbocycles. The predicted octanol–water partition coefficient (Wildman–Crippen LogP) is 3.66. The van der Waals surface area contributed by atoms with Crippen molar-refractivity contribution in [2.24, 2.45) is 7.05 Å². The topological polar surface area (TPSA) is 30.7 Å². The molecule has 0 fully saturated rings. The van der Waals surface area contributed by atoms with Gasteiger partial charge in [0, 0.05) is 17.7 Å². The minimum atomic E-state index is -0.198. The standard InChI is InChI=1S/C15H13BrFN3/c1-20-8-12(16)14-13(18-9-19-15(14)20)6-5-10-3-2-4-11(17)7-10/h2-4,7-9H,5-6H2,1H3. The van der Waals surface area contributed by atoms with Crippen LogP contribution in [0.5, 0.6) is 0 Å². The van der Waals surface area contributed by atoms with Crippen molar-refractivity contribution in [2.75, 3.05) is 0 Å². The number of fused-ring (bicyclic) bond motifs is 1. The summed E-state index contributed by atoms with van der Waals surface area (Å²) in [5, 5.41) is 1.03. The smallest absolute Gasteiger partial charge is 0.144 e. The summed E-state index contributed by atoms with van der Waals surface area (Å²) in [5.74, 6) is -0.198. The molecule has 0 radical (unpaired) electrons. The minimum Gasteiger partial charge on any atom is -0.334 e. The Morgan fingerprint density at radius 2 is 2.10 bits per heavy atom. The van der Waals surface area contributed by atoms with Crippen molar-refractivity contribution >= 4 is 27.0 Å². The molecule has 102 valence electrons. The van der Waals surface area contributed by atoms with E-state index in [9.17, 15) is 4.39 Å². The molecule has 0 atom stereocenters. The van der Waals surface area contributed by atoms with E-state index in [0.717, 1.165) is 39.6 Å². The van der Waals surface area contributed by atoms with E-state index >= 15 is 0 Å². The predicted molar refractivity (Wildman–Crippen MR) is 80.0 cm³/mol. The molecule has 0 unspecified atom stereocenters. The third-order valence-electron chi connectivity index (χ3n) is 3.33. The molecule has 0 saturated carbocycles. The Bertz CT molecular complexity index is 767. The number of hydrogen-bond donors (Lipinski definition) is 0. The van der Waals surface area contributed by atoms with Gasteiger partial charge in [0.05, 0.1) is 11.1 Å². The van der Waals surface area contributed by atoms with Crippen LogP contribution in [0.15, 0.2) is 41.3 Å². The fourth-order valence-electron chi connectivity index (χ4n) is 2.36. The van der Waals surface area contributed by atoms with Crippen LogP contribution in [0.2, 0.25) is 0 Å². The average molecular weight is 334 g/mol. The van der Waals surface area contributed by atoms with E-state index in [1.54, 1.807) is 18.5 Å². The second-order valence-electron chi connectivity index (χ2n) is 4.74. The average Bonchev–Trinajstić information content (AvgIpc) is 2.73. The molecule has 5 heteroatoms. The summed E-state index contributed by atoms with van der Waals surface area (Å²) in [6, 6.07) is 6.69. The SMILES string of the molecule is Cn1cc(Br)c2c(CCc3cccc(F)c3)ncnc21. The van der Waals surface area contributed by atoms with Crippen molar-refractivity contribution in [2.45, 2.75) is 12.8 Å². The van der Waals surface area contributed by atoms with E-state index in [-0.39, 0.29) is 5.82 Å². The van der Waals surface area contributed by atoms with Crippen LogP contribution in [0.25, 0.3) is 11.0 Å². The highest BCUT2D eigenvalue weighted by Gasteiger charge is 2.11. The normalized spacial score (nSPS) is 11.2. The summed E-state index contributed by atoms with van der Waals surface area (Å²) in [6.45, 7) is 0. The van der Waals surface area contributed by atoms with Gasteiger partial charge < -0.3 is 4.57 Å². The molecule has 3 rings (SSSR count). The second-order valence-corrected chi connectivity index (χ2v) is 5.59. The summed E-state index contributed by atoms with van der Waals surface area (Å²) in [7, 11) is 1.95. The van der Waals surface area contributed by atoms with Crippen molar-refractivity contribution in [1.82, 2.24) is 14.5 Å². The van der Waals surface area contributed by atoms with Gasteiger partial charge in [-0.05, 0) is 46.5 Å². The summed E-state index contributed by atoms with van der Waals surface area (Å²) in [6.07, 6.45) is 5.07. The lowest BCUT2D eigenvalue weighted by Gasteiger charge is -2.04. The maximum atomic E-state index is 13.2. The van der Waals surface area contributed by atoms with Crippen LogP contribution in [0.3, 0.4) is 0 Å². The Morgan fingerprint density at radius 3 is 2.90 bits per heavy atom. The molecule has 0 aliphatic heterocycles. The minimum absolute atomic E-state index is 0.198. The molecule has 0 amide bonds. The Hall–Kier alpha value is -1.75. The Kier molecular flexibility index (Phi) is 3.53. The molecule has 0 saturated heterocycles. The Morgan fingerprint density at radius 1 is 1.25 bits per heavy atom. The van der Waals surface area contributed by atoms with Crippen molar-refractivity contribution in [3.63, 3.8) is 0 Å². The molecule has 3 aromatic rings. The first kappa shape index (κ1) is 13.2. The molecule has 0 aliphatic rings. The molecular weight excluding hydrogens is 321 g/mol. The summed E-state index contributed by atoms with van der Waals surface area (Å²) in [4.78, 5) is 8.66. The van der Waals surface area contributed by atoms with Crippen molar-refractivity contribution in [3.05, 3.63) is 58.3 Å². The molecule has 2 heterocycles. The van der Waals surface area contributed by atoms with E-state index in [4.69, 9.17) is 0 Å². The molecule has 0 spiro atoms. The van der Waals surface area contributed by atoms with E-state index in [2.05, 4.69) is 25.9 Å². The van der Waals surface area contributed by atoms with E-state index in [1.807, 2.05) is 23.9 Å². The second kappa shape index (κ2) is 5.32. The van der Waals surface area contributed by atoms with Crippen LogP contribution in [0.1, 0.15) is 11.3 Å². The lowest BCUT2D eigenvalue weighted by Crippen LogP contribution is -1.98. The van der Waals surface area contributed by atoms with Crippen LogP contribution < -0.4 is 0 Å². The molecule has 2 aromatic heterocycles. The number of rotatable bonds is 3. The Balaban J connectivity index is 1.91. The van der Waals surface area contributed by atoms with E-state index in [0.29, 0.717) is 0 Å². The summed E-state index contributed by atoms with van der Waals surface area (Å²) < 4.78 is 16.1. The number of hydrogen-bond acceptors (Lipinski definition) is 2. The number of nitrogens with zero attached hydrogens (tertiary/aromatic N) is 3.